The van der Waals surface area contributed by atoms with Crippen LogP contribution < -0.4 is 5.32 Å². The zero-order valence-electron chi connectivity index (χ0n) is 9.87. The molecule has 1 heterocycles. The van der Waals surface area contributed by atoms with Gasteiger partial charge < -0.3 is 10.2 Å². The van der Waals surface area contributed by atoms with E-state index in [4.69, 9.17) is 11.6 Å². The van der Waals surface area contributed by atoms with E-state index in [1.165, 1.54) is 4.90 Å². The van der Waals surface area contributed by atoms with Crippen LogP contribution in [0, 0.1) is 5.82 Å². The van der Waals surface area contributed by atoms with Crippen molar-refractivity contribution in [3.63, 3.8) is 0 Å². The topological polar surface area (TPSA) is 58.1 Å². The molecule has 0 radical (unpaired) electrons. The van der Waals surface area contributed by atoms with Crippen LogP contribution in [0.4, 0.5) is 10.2 Å². The molecular formula is C10H14ClFN4O. The fraction of sp³-hybridized carbons (Fsp3) is 0.500. The number of halogens is 2. The molecular weight excluding hydrogens is 247 g/mol. The molecule has 1 unspecified atom stereocenters. The lowest BCUT2D eigenvalue weighted by molar-refractivity contribution is -0.130. The van der Waals surface area contributed by atoms with Gasteiger partial charge in [0.2, 0.25) is 11.2 Å². The summed E-state index contributed by atoms with van der Waals surface area (Å²) in [5.41, 5.74) is 0. The Morgan fingerprint density at radius 2 is 2.35 bits per heavy atom. The summed E-state index contributed by atoms with van der Waals surface area (Å²) in [7, 11) is 1.67. The number of hydrogen-bond donors (Lipinski definition) is 1. The Bertz CT molecular complexity index is 415. The normalized spacial score (nSPS) is 12.1. The highest BCUT2D eigenvalue weighted by atomic mass is 35.5. The standard InChI is InChI=1S/C10H14ClFN4O/c1-4-16(3)9(17)6(2)14-8-7(12)5-13-10(11)15-8/h5-6H,4H2,1-3H3,(H,13,14,15). The van der Waals surface area contributed by atoms with Gasteiger partial charge in [-0.1, -0.05) is 0 Å². The molecule has 17 heavy (non-hydrogen) atoms. The third-order valence-corrected chi connectivity index (χ3v) is 2.47. The molecule has 94 valence electrons. The largest absolute Gasteiger partial charge is 0.356 e. The lowest BCUT2D eigenvalue weighted by atomic mass is 10.3. The van der Waals surface area contributed by atoms with Crippen molar-refractivity contribution < 1.29 is 9.18 Å². The minimum Gasteiger partial charge on any atom is -0.356 e. The molecule has 0 aromatic carbocycles. The van der Waals surface area contributed by atoms with E-state index >= 15 is 0 Å². The predicted molar refractivity (Wildman–Crippen MR) is 63.4 cm³/mol. The van der Waals surface area contributed by atoms with Gasteiger partial charge >= 0.3 is 0 Å². The second kappa shape index (κ2) is 5.77. The Labute approximate surface area is 104 Å². The second-order valence-electron chi connectivity index (χ2n) is 3.55. The molecule has 0 fully saturated rings. The van der Waals surface area contributed by atoms with Crippen molar-refractivity contribution in [1.82, 2.24) is 14.9 Å². The van der Waals surface area contributed by atoms with E-state index in [1.54, 1.807) is 14.0 Å². The van der Waals surface area contributed by atoms with Crippen molar-refractivity contribution in [2.75, 3.05) is 18.9 Å². The predicted octanol–water partition coefficient (Wildman–Crippen LogP) is 1.55. The molecule has 1 rings (SSSR count). The van der Waals surface area contributed by atoms with Crippen LogP contribution in [0.25, 0.3) is 0 Å². The third kappa shape index (κ3) is 3.52. The van der Waals surface area contributed by atoms with Crippen LogP contribution in [0.3, 0.4) is 0 Å². The van der Waals surface area contributed by atoms with E-state index in [1.807, 2.05) is 6.92 Å². The molecule has 1 N–H and O–H groups in total. The van der Waals surface area contributed by atoms with E-state index in [-0.39, 0.29) is 17.0 Å². The first-order chi connectivity index (χ1) is 7.95. The first kappa shape index (κ1) is 13.6. The maximum absolute atomic E-state index is 13.3. The van der Waals surface area contributed by atoms with Crippen LogP contribution in [0.1, 0.15) is 13.8 Å². The monoisotopic (exact) mass is 260 g/mol. The van der Waals surface area contributed by atoms with E-state index in [0.29, 0.717) is 6.54 Å². The molecule has 7 heteroatoms. The van der Waals surface area contributed by atoms with Gasteiger partial charge in [0.05, 0.1) is 6.20 Å². The van der Waals surface area contributed by atoms with Gasteiger partial charge in [0.1, 0.15) is 6.04 Å². The van der Waals surface area contributed by atoms with Gasteiger partial charge in [-0.15, -0.1) is 0 Å². The van der Waals surface area contributed by atoms with E-state index in [0.717, 1.165) is 6.20 Å². The molecule has 0 aliphatic carbocycles. The van der Waals surface area contributed by atoms with Crippen LogP contribution >= 0.6 is 11.6 Å². The smallest absolute Gasteiger partial charge is 0.244 e. The first-order valence-electron chi connectivity index (χ1n) is 5.15. The Morgan fingerprint density at radius 1 is 1.71 bits per heavy atom. The van der Waals surface area contributed by atoms with Crippen molar-refractivity contribution in [2.24, 2.45) is 0 Å². The Balaban J connectivity index is 2.77. The number of anilines is 1. The molecule has 0 aliphatic heterocycles. The molecule has 0 aliphatic rings. The number of nitrogens with zero attached hydrogens (tertiary/aromatic N) is 3. The quantitative estimate of drug-likeness (QED) is 0.835. The van der Waals surface area contributed by atoms with Crippen LogP contribution in [0.15, 0.2) is 6.20 Å². The molecule has 0 saturated carbocycles. The highest BCUT2D eigenvalue weighted by molar-refractivity contribution is 6.28. The van der Waals surface area contributed by atoms with Gasteiger partial charge in [-0.05, 0) is 25.4 Å². The highest BCUT2D eigenvalue weighted by Gasteiger charge is 2.18. The van der Waals surface area contributed by atoms with Gasteiger partial charge in [0, 0.05) is 13.6 Å². The Hall–Kier alpha value is -1.43. The van der Waals surface area contributed by atoms with Crippen LogP contribution in [0.5, 0.6) is 0 Å². The van der Waals surface area contributed by atoms with Gasteiger partial charge in [0.25, 0.3) is 0 Å². The summed E-state index contributed by atoms with van der Waals surface area (Å²) in [5.74, 6) is -0.870. The summed E-state index contributed by atoms with van der Waals surface area (Å²) in [5, 5.41) is 2.59. The molecule has 1 aromatic heterocycles. The summed E-state index contributed by atoms with van der Waals surface area (Å²) in [4.78, 5) is 20.4. The summed E-state index contributed by atoms with van der Waals surface area (Å²) < 4.78 is 13.3. The van der Waals surface area contributed by atoms with E-state index in [9.17, 15) is 9.18 Å². The summed E-state index contributed by atoms with van der Waals surface area (Å²) in [6, 6.07) is -0.583. The highest BCUT2D eigenvalue weighted by Crippen LogP contribution is 2.13. The van der Waals surface area contributed by atoms with E-state index in [2.05, 4.69) is 15.3 Å². The minimum absolute atomic E-state index is 0.0719. The number of carbonyl (C=O) groups excluding carboxylic acids is 1. The van der Waals surface area contributed by atoms with Crippen molar-refractivity contribution in [2.45, 2.75) is 19.9 Å². The zero-order chi connectivity index (χ0) is 13.0. The fourth-order valence-corrected chi connectivity index (χ4v) is 1.33. The van der Waals surface area contributed by atoms with Crippen LogP contribution in [-0.2, 0) is 4.79 Å². The molecule has 0 saturated heterocycles. The van der Waals surface area contributed by atoms with Crippen molar-refractivity contribution >= 4 is 23.3 Å². The number of carbonyl (C=O) groups is 1. The Kier molecular flexibility index (Phi) is 4.62. The Morgan fingerprint density at radius 3 is 2.94 bits per heavy atom. The van der Waals surface area contributed by atoms with Crippen molar-refractivity contribution in [3.8, 4) is 0 Å². The summed E-state index contributed by atoms with van der Waals surface area (Å²) >= 11 is 5.55. The number of hydrogen-bond acceptors (Lipinski definition) is 4. The van der Waals surface area contributed by atoms with Crippen LogP contribution in [0.2, 0.25) is 5.28 Å². The zero-order valence-corrected chi connectivity index (χ0v) is 10.6. The maximum atomic E-state index is 13.3. The molecule has 0 bridgehead atoms. The van der Waals surface area contributed by atoms with Gasteiger partial charge in [-0.25, -0.2) is 9.37 Å². The lowest BCUT2D eigenvalue weighted by Gasteiger charge is -2.20. The van der Waals surface area contributed by atoms with Gasteiger partial charge in [0.15, 0.2) is 11.6 Å². The number of nitrogens with one attached hydrogen (secondary N) is 1. The SMILES string of the molecule is CCN(C)C(=O)C(C)Nc1nc(Cl)ncc1F. The summed E-state index contributed by atoms with van der Waals surface area (Å²) in [6.45, 7) is 4.06. The van der Waals surface area contributed by atoms with Crippen molar-refractivity contribution in [3.05, 3.63) is 17.3 Å². The molecule has 1 atom stereocenters. The molecule has 1 aromatic rings. The van der Waals surface area contributed by atoms with Crippen LogP contribution in [-0.4, -0.2) is 40.4 Å². The molecule has 1 amide bonds. The van der Waals surface area contributed by atoms with Gasteiger partial charge in [-0.3, -0.25) is 4.79 Å². The number of likely N-dealkylation sites (N-methyl/N-ethyl adjacent to an activating group) is 1. The molecule has 5 nitrogen and oxygen atoms in total. The van der Waals surface area contributed by atoms with Gasteiger partial charge in [-0.2, -0.15) is 4.98 Å². The number of aromatic nitrogens is 2. The fourth-order valence-electron chi connectivity index (χ4n) is 1.20. The summed E-state index contributed by atoms with van der Waals surface area (Å²) in [6.07, 6.45) is 0.957. The number of amides is 1. The third-order valence-electron chi connectivity index (χ3n) is 2.29. The average Bonchev–Trinajstić information content (AvgIpc) is 2.31. The lowest BCUT2D eigenvalue weighted by Crippen LogP contribution is -2.39. The molecule has 0 spiro atoms. The minimum atomic E-state index is -0.645. The second-order valence-corrected chi connectivity index (χ2v) is 3.89. The number of rotatable bonds is 4. The first-order valence-corrected chi connectivity index (χ1v) is 5.53. The van der Waals surface area contributed by atoms with E-state index < -0.39 is 11.9 Å². The maximum Gasteiger partial charge on any atom is 0.244 e. The van der Waals surface area contributed by atoms with Crippen molar-refractivity contribution in [1.29, 1.82) is 0 Å². The average molecular weight is 261 g/mol.